The Morgan fingerprint density at radius 3 is 2.48 bits per heavy atom. The molecule has 0 N–H and O–H groups in total. The van der Waals surface area contributed by atoms with E-state index in [-0.39, 0.29) is 5.56 Å². The fourth-order valence-corrected chi connectivity index (χ4v) is 3.89. The molecular formula is C27H26ClN3O2. The van der Waals surface area contributed by atoms with Crippen LogP contribution >= 0.6 is 11.6 Å². The molecule has 5 nitrogen and oxygen atoms in total. The maximum absolute atomic E-state index is 13.7. The average Bonchev–Trinajstić information content (AvgIpc) is 2.83. The van der Waals surface area contributed by atoms with Gasteiger partial charge in [0.25, 0.3) is 5.56 Å². The minimum Gasteiger partial charge on any atom is -0.491 e. The third-order valence-corrected chi connectivity index (χ3v) is 5.60. The summed E-state index contributed by atoms with van der Waals surface area (Å²) < 4.78 is 7.71. The lowest BCUT2D eigenvalue weighted by Gasteiger charge is -2.17. The third-order valence-electron chi connectivity index (χ3n) is 5.27. The summed E-state index contributed by atoms with van der Waals surface area (Å²) in [6.45, 7) is 1.48. The highest BCUT2D eigenvalue weighted by molar-refractivity contribution is 6.33. The smallest absolute Gasteiger partial charge is 0.263 e. The van der Waals surface area contributed by atoms with Crippen LogP contribution in [0.1, 0.15) is 6.42 Å². The average molecular weight is 460 g/mol. The number of rotatable bonds is 8. The first-order valence-corrected chi connectivity index (χ1v) is 11.2. The van der Waals surface area contributed by atoms with Gasteiger partial charge in [-0.1, -0.05) is 48.0 Å². The maximum atomic E-state index is 13.7. The van der Waals surface area contributed by atoms with E-state index in [4.69, 9.17) is 16.3 Å². The van der Waals surface area contributed by atoms with Crippen molar-refractivity contribution in [3.05, 3.63) is 101 Å². The van der Waals surface area contributed by atoms with Crippen LogP contribution in [0.3, 0.4) is 0 Å². The van der Waals surface area contributed by atoms with E-state index >= 15 is 0 Å². The predicted molar refractivity (Wildman–Crippen MR) is 134 cm³/mol. The molecule has 0 radical (unpaired) electrons. The highest BCUT2D eigenvalue weighted by Gasteiger charge is 2.16. The van der Waals surface area contributed by atoms with E-state index in [1.165, 1.54) is 0 Å². The summed E-state index contributed by atoms with van der Waals surface area (Å²) >= 11 is 6.48. The molecule has 2 heterocycles. The van der Waals surface area contributed by atoms with Gasteiger partial charge in [0.15, 0.2) is 0 Å². The van der Waals surface area contributed by atoms with Gasteiger partial charge in [-0.15, -0.1) is 0 Å². The molecule has 0 fully saturated rings. The highest BCUT2D eigenvalue weighted by Crippen LogP contribution is 2.30. The zero-order valence-corrected chi connectivity index (χ0v) is 19.5. The predicted octanol–water partition coefficient (Wildman–Crippen LogP) is 5.55. The molecule has 168 valence electrons. The van der Waals surface area contributed by atoms with Gasteiger partial charge in [-0.3, -0.25) is 14.3 Å². The number of aromatic nitrogens is 2. The van der Waals surface area contributed by atoms with Crippen molar-refractivity contribution in [2.75, 3.05) is 27.2 Å². The van der Waals surface area contributed by atoms with E-state index in [2.05, 4.69) is 9.88 Å². The largest absolute Gasteiger partial charge is 0.491 e. The fraction of sp³-hybridized carbons (Fsp3) is 0.185. The molecule has 0 aliphatic rings. The van der Waals surface area contributed by atoms with Crippen molar-refractivity contribution < 1.29 is 4.74 Å². The molecule has 2 aromatic heterocycles. The van der Waals surface area contributed by atoms with Gasteiger partial charge in [0.2, 0.25) is 0 Å². The molecule has 0 aliphatic heterocycles. The maximum Gasteiger partial charge on any atom is 0.263 e. The first kappa shape index (κ1) is 22.8. The summed E-state index contributed by atoms with van der Waals surface area (Å²) in [6.07, 6.45) is 4.43. The van der Waals surface area contributed by atoms with Crippen LogP contribution in [0.4, 0.5) is 0 Å². The Balaban J connectivity index is 1.85. The highest BCUT2D eigenvalue weighted by atomic mass is 35.5. The molecule has 0 saturated heterocycles. The van der Waals surface area contributed by atoms with Crippen LogP contribution in [0.5, 0.6) is 5.75 Å². The summed E-state index contributed by atoms with van der Waals surface area (Å²) in [5.74, 6) is 0.654. The minimum atomic E-state index is -0.174. The third kappa shape index (κ3) is 5.33. The van der Waals surface area contributed by atoms with Crippen LogP contribution < -0.4 is 10.3 Å². The van der Waals surface area contributed by atoms with Gasteiger partial charge >= 0.3 is 0 Å². The zero-order chi connectivity index (χ0) is 23.2. The van der Waals surface area contributed by atoms with Crippen molar-refractivity contribution >= 4 is 11.6 Å². The molecule has 4 rings (SSSR count). The van der Waals surface area contributed by atoms with Crippen LogP contribution in [0.15, 0.2) is 90.0 Å². The van der Waals surface area contributed by atoms with Crippen molar-refractivity contribution in [1.29, 1.82) is 0 Å². The van der Waals surface area contributed by atoms with Gasteiger partial charge in [0, 0.05) is 40.7 Å². The van der Waals surface area contributed by atoms with Gasteiger partial charge in [-0.05, 0) is 56.9 Å². The number of nitrogens with zero attached hydrogens (tertiary/aromatic N) is 3. The second-order valence-electron chi connectivity index (χ2n) is 7.99. The topological polar surface area (TPSA) is 47.4 Å². The second-order valence-corrected chi connectivity index (χ2v) is 8.39. The fourth-order valence-electron chi connectivity index (χ4n) is 3.65. The van der Waals surface area contributed by atoms with Crippen molar-refractivity contribution in [1.82, 2.24) is 14.5 Å². The number of hydrogen-bond acceptors (Lipinski definition) is 4. The van der Waals surface area contributed by atoms with Gasteiger partial charge in [0.1, 0.15) is 5.75 Å². The first-order valence-electron chi connectivity index (χ1n) is 10.8. The Bertz CT molecular complexity index is 1290. The van der Waals surface area contributed by atoms with Crippen LogP contribution in [0.2, 0.25) is 5.02 Å². The first-order chi connectivity index (χ1) is 16.0. The molecule has 0 aliphatic carbocycles. The SMILES string of the molecule is CN(C)CCCOc1ccccc1-n1cc(-c2ccccn2)cc(-c2ccccc2Cl)c1=O. The molecule has 0 unspecified atom stereocenters. The Labute approximate surface area is 198 Å². The van der Waals surface area contributed by atoms with Gasteiger partial charge in [0.05, 0.1) is 18.0 Å². The van der Waals surface area contributed by atoms with Gasteiger partial charge < -0.3 is 9.64 Å². The normalized spacial score (nSPS) is 11.0. The quantitative estimate of drug-likeness (QED) is 0.324. The Morgan fingerprint density at radius 2 is 1.73 bits per heavy atom. The molecule has 6 heteroatoms. The number of pyridine rings is 2. The van der Waals surface area contributed by atoms with Crippen molar-refractivity contribution in [3.8, 4) is 33.8 Å². The van der Waals surface area contributed by atoms with Crippen LogP contribution in [-0.2, 0) is 0 Å². The van der Waals surface area contributed by atoms with E-state index in [9.17, 15) is 4.79 Å². The van der Waals surface area contributed by atoms with E-state index in [1.54, 1.807) is 16.8 Å². The summed E-state index contributed by atoms with van der Waals surface area (Å²) in [7, 11) is 4.07. The van der Waals surface area contributed by atoms with Gasteiger partial charge in [-0.2, -0.15) is 0 Å². The number of para-hydroxylation sites is 2. The lowest BCUT2D eigenvalue weighted by atomic mass is 10.0. The molecule has 0 saturated carbocycles. The lowest BCUT2D eigenvalue weighted by Crippen LogP contribution is -2.21. The monoisotopic (exact) mass is 459 g/mol. The summed E-state index contributed by atoms with van der Waals surface area (Å²) in [5.41, 5.74) is 3.27. The number of hydrogen-bond donors (Lipinski definition) is 0. The van der Waals surface area contributed by atoms with Crippen LogP contribution in [0, 0.1) is 0 Å². The lowest BCUT2D eigenvalue weighted by molar-refractivity contribution is 0.281. The minimum absolute atomic E-state index is 0.174. The van der Waals surface area contributed by atoms with E-state index < -0.39 is 0 Å². The molecule has 0 bridgehead atoms. The van der Waals surface area contributed by atoms with Crippen LogP contribution in [0.25, 0.3) is 28.1 Å². The van der Waals surface area contributed by atoms with Crippen molar-refractivity contribution in [2.45, 2.75) is 6.42 Å². The summed E-state index contributed by atoms with van der Waals surface area (Å²) in [4.78, 5) is 20.3. The van der Waals surface area contributed by atoms with E-state index in [1.807, 2.05) is 87.0 Å². The molecule has 0 amide bonds. The molecule has 2 aromatic carbocycles. The second kappa shape index (κ2) is 10.5. The Hall–Kier alpha value is -3.41. The summed E-state index contributed by atoms with van der Waals surface area (Å²) in [6, 6.07) is 22.5. The van der Waals surface area contributed by atoms with Crippen LogP contribution in [-0.4, -0.2) is 41.7 Å². The van der Waals surface area contributed by atoms with Crippen molar-refractivity contribution in [2.24, 2.45) is 0 Å². The molecule has 33 heavy (non-hydrogen) atoms. The standard InChI is InChI=1S/C27H26ClN3O2/c1-30(2)16-9-17-33-26-14-6-5-13-25(26)31-19-20(24-12-7-8-15-29-24)18-22(27(31)32)21-10-3-4-11-23(21)28/h3-8,10-15,18-19H,9,16-17H2,1-2H3. The van der Waals surface area contributed by atoms with Crippen molar-refractivity contribution in [3.63, 3.8) is 0 Å². The number of benzene rings is 2. The molecule has 4 aromatic rings. The van der Waals surface area contributed by atoms with Gasteiger partial charge in [-0.25, -0.2) is 0 Å². The molecular weight excluding hydrogens is 434 g/mol. The van der Waals surface area contributed by atoms with E-state index in [0.717, 1.165) is 24.2 Å². The molecule has 0 atom stereocenters. The molecule has 0 spiro atoms. The number of ether oxygens (including phenoxy) is 1. The Kier molecular flexibility index (Phi) is 7.23. The zero-order valence-electron chi connectivity index (χ0n) is 18.7. The van der Waals surface area contributed by atoms with E-state index in [0.29, 0.717) is 34.2 Å². The summed E-state index contributed by atoms with van der Waals surface area (Å²) in [5, 5.41) is 0.521. The Morgan fingerprint density at radius 1 is 0.970 bits per heavy atom. The number of halogens is 1.